The zero-order chi connectivity index (χ0) is 14.5. The van der Waals surface area contributed by atoms with Gasteiger partial charge in [-0.15, -0.1) is 0 Å². The van der Waals surface area contributed by atoms with E-state index in [4.69, 9.17) is 4.74 Å². The lowest BCUT2D eigenvalue weighted by atomic mass is 9.90. The van der Waals surface area contributed by atoms with Gasteiger partial charge in [-0.1, -0.05) is 25.1 Å². The van der Waals surface area contributed by atoms with E-state index in [0.29, 0.717) is 18.0 Å². The summed E-state index contributed by atoms with van der Waals surface area (Å²) in [6, 6.07) is 8.99. The molecule has 112 valence electrons. The Morgan fingerprint density at radius 1 is 1.30 bits per heavy atom. The standard InChI is InChI=1S/C16H27N3O/c1-5-14(20-15-9-7-6-8-11(15)2)16-13(10-17-4)12(3)18-19-16/h6-9,12-14,16-19H,5,10H2,1-4H3. The molecular formula is C16H27N3O. The molecule has 1 fully saturated rings. The number of ether oxygens (including phenoxy) is 1. The van der Waals surface area contributed by atoms with Crippen molar-refractivity contribution in [3.8, 4) is 5.75 Å². The van der Waals surface area contributed by atoms with Crippen LogP contribution >= 0.6 is 0 Å². The molecule has 1 aliphatic rings. The SMILES string of the molecule is CCC(Oc1ccccc1C)C1NNC(C)C1CNC. The first-order valence-electron chi connectivity index (χ1n) is 7.55. The number of benzene rings is 1. The largest absolute Gasteiger partial charge is 0.488 e. The van der Waals surface area contributed by atoms with Crippen LogP contribution in [0.2, 0.25) is 0 Å². The molecule has 0 radical (unpaired) electrons. The van der Waals surface area contributed by atoms with Crippen molar-refractivity contribution in [1.82, 2.24) is 16.2 Å². The molecule has 4 atom stereocenters. The summed E-state index contributed by atoms with van der Waals surface area (Å²) in [5, 5.41) is 3.29. The summed E-state index contributed by atoms with van der Waals surface area (Å²) in [5.41, 5.74) is 7.96. The number of rotatable bonds is 6. The predicted molar refractivity (Wildman–Crippen MR) is 82.8 cm³/mol. The number of hydrogen-bond acceptors (Lipinski definition) is 4. The first-order chi connectivity index (χ1) is 9.67. The third-order valence-electron chi connectivity index (χ3n) is 4.20. The van der Waals surface area contributed by atoms with Gasteiger partial charge in [-0.3, -0.25) is 10.9 Å². The normalized spacial score (nSPS) is 27.5. The highest BCUT2D eigenvalue weighted by molar-refractivity contribution is 5.32. The van der Waals surface area contributed by atoms with Gasteiger partial charge in [0.2, 0.25) is 0 Å². The van der Waals surface area contributed by atoms with E-state index in [1.165, 1.54) is 5.56 Å². The van der Waals surface area contributed by atoms with E-state index in [-0.39, 0.29) is 6.10 Å². The second kappa shape index (κ2) is 7.07. The van der Waals surface area contributed by atoms with Crippen LogP contribution in [-0.2, 0) is 0 Å². The molecule has 0 bridgehead atoms. The molecule has 1 aromatic carbocycles. The van der Waals surface area contributed by atoms with Gasteiger partial charge in [-0.25, -0.2) is 0 Å². The van der Waals surface area contributed by atoms with Crippen LogP contribution in [-0.4, -0.2) is 31.8 Å². The molecule has 1 saturated heterocycles. The van der Waals surface area contributed by atoms with Gasteiger partial charge >= 0.3 is 0 Å². The minimum absolute atomic E-state index is 0.173. The zero-order valence-corrected chi connectivity index (χ0v) is 12.9. The summed E-state index contributed by atoms with van der Waals surface area (Å²) in [6.07, 6.45) is 1.16. The monoisotopic (exact) mass is 277 g/mol. The van der Waals surface area contributed by atoms with Crippen LogP contribution in [0.1, 0.15) is 25.8 Å². The fourth-order valence-electron chi connectivity index (χ4n) is 2.92. The van der Waals surface area contributed by atoms with E-state index in [1.807, 2.05) is 19.2 Å². The number of hydrazine groups is 1. The van der Waals surface area contributed by atoms with Crippen molar-refractivity contribution in [2.24, 2.45) is 5.92 Å². The van der Waals surface area contributed by atoms with E-state index in [1.54, 1.807) is 0 Å². The Kier molecular flexibility index (Phi) is 5.40. The van der Waals surface area contributed by atoms with Gasteiger partial charge in [0.15, 0.2) is 0 Å². The number of nitrogens with one attached hydrogen (secondary N) is 3. The molecule has 1 aliphatic heterocycles. The lowest BCUT2D eigenvalue weighted by Gasteiger charge is -2.29. The van der Waals surface area contributed by atoms with Gasteiger partial charge in [0, 0.05) is 18.5 Å². The van der Waals surface area contributed by atoms with E-state index >= 15 is 0 Å². The molecule has 4 nitrogen and oxygen atoms in total. The van der Waals surface area contributed by atoms with Crippen LogP contribution in [0.15, 0.2) is 24.3 Å². The highest BCUT2D eigenvalue weighted by Crippen LogP contribution is 2.25. The number of aryl methyl sites for hydroxylation is 1. The summed E-state index contributed by atoms with van der Waals surface area (Å²) >= 11 is 0. The molecule has 4 unspecified atom stereocenters. The van der Waals surface area contributed by atoms with Gasteiger partial charge in [0.25, 0.3) is 0 Å². The minimum Gasteiger partial charge on any atom is -0.488 e. The molecular weight excluding hydrogens is 250 g/mol. The molecule has 1 aromatic rings. The van der Waals surface area contributed by atoms with Gasteiger partial charge in [0.1, 0.15) is 11.9 Å². The summed E-state index contributed by atoms with van der Waals surface area (Å²) in [4.78, 5) is 0. The smallest absolute Gasteiger partial charge is 0.122 e. The van der Waals surface area contributed by atoms with Crippen LogP contribution in [0.3, 0.4) is 0 Å². The maximum absolute atomic E-state index is 6.27. The van der Waals surface area contributed by atoms with Crippen molar-refractivity contribution in [3.63, 3.8) is 0 Å². The van der Waals surface area contributed by atoms with Gasteiger partial charge < -0.3 is 10.1 Å². The van der Waals surface area contributed by atoms with Crippen LogP contribution in [0.25, 0.3) is 0 Å². The van der Waals surface area contributed by atoms with Crippen molar-refractivity contribution in [3.05, 3.63) is 29.8 Å². The first kappa shape index (κ1) is 15.3. The van der Waals surface area contributed by atoms with Crippen molar-refractivity contribution in [2.75, 3.05) is 13.6 Å². The van der Waals surface area contributed by atoms with E-state index in [0.717, 1.165) is 18.7 Å². The average Bonchev–Trinajstić information content (AvgIpc) is 2.80. The summed E-state index contributed by atoms with van der Waals surface area (Å²) in [6.45, 7) is 7.48. The van der Waals surface area contributed by atoms with E-state index in [2.05, 4.69) is 49.1 Å². The van der Waals surface area contributed by atoms with E-state index in [9.17, 15) is 0 Å². The van der Waals surface area contributed by atoms with Gasteiger partial charge in [-0.2, -0.15) is 0 Å². The Balaban J connectivity index is 2.10. The lowest BCUT2D eigenvalue weighted by Crippen LogP contribution is -2.46. The van der Waals surface area contributed by atoms with Crippen molar-refractivity contribution in [2.45, 2.75) is 45.4 Å². The van der Waals surface area contributed by atoms with Crippen molar-refractivity contribution in [1.29, 1.82) is 0 Å². The topological polar surface area (TPSA) is 45.3 Å². The highest BCUT2D eigenvalue weighted by Gasteiger charge is 2.38. The maximum Gasteiger partial charge on any atom is 0.122 e. The van der Waals surface area contributed by atoms with Crippen LogP contribution in [0.4, 0.5) is 0 Å². The van der Waals surface area contributed by atoms with Crippen molar-refractivity contribution < 1.29 is 4.74 Å². The summed E-state index contributed by atoms with van der Waals surface area (Å²) in [5.74, 6) is 1.51. The molecule has 0 spiro atoms. The predicted octanol–water partition coefficient (Wildman–Crippen LogP) is 1.85. The molecule has 20 heavy (non-hydrogen) atoms. The van der Waals surface area contributed by atoms with Crippen molar-refractivity contribution >= 4 is 0 Å². The Bertz CT molecular complexity index is 424. The molecule has 0 saturated carbocycles. The molecule has 0 amide bonds. The molecule has 1 heterocycles. The highest BCUT2D eigenvalue weighted by atomic mass is 16.5. The Hall–Kier alpha value is -1.10. The third-order valence-corrected chi connectivity index (χ3v) is 4.20. The fraction of sp³-hybridized carbons (Fsp3) is 0.625. The Morgan fingerprint density at radius 3 is 2.70 bits per heavy atom. The van der Waals surface area contributed by atoms with Gasteiger partial charge in [0.05, 0.1) is 6.04 Å². The molecule has 3 N–H and O–H groups in total. The second-order valence-corrected chi connectivity index (χ2v) is 5.65. The quantitative estimate of drug-likeness (QED) is 0.742. The maximum atomic E-state index is 6.27. The van der Waals surface area contributed by atoms with Gasteiger partial charge in [-0.05, 0) is 38.9 Å². The number of hydrogen-bond donors (Lipinski definition) is 3. The Morgan fingerprint density at radius 2 is 2.05 bits per heavy atom. The fourth-order valence-corrected chi connectivity index (χ4v) is 2.92. The third kappa shape index (κ3) is 3.32. The lowest BCUT2D eigenvalue weighted by molar-refractivity contribution is 0.132. The first-order valence-corrected chi connectivity index (χ1v) is 7.55. The summed E-state index contributed by atoms with van der Waals surface area (Å²) < 4.78 is 6.27. The zero-order valence-electron chi connectivity index (χ0n) is 12.9. The van der Waals surface area contributed by atoms with Crippen LogP contribution in [0, 0.1) is 12.8 Å². The molecule has 4 heteroatoms. The minimum atomic E-state index is 0.173. The van der Waals surface area contributed by atoms with Crippen LogP contribution < -0.4 is 20.9 Å². The summed E-state index contributed by atoms with van der Waals surface area (Å²) in [7, 11) is 2.01. The van der Waals surface area contributed by atoms with E-state index < -0.39 is 0 Å². The Labute approximate surface area is 122 Å². The average molecular weight is 277 g/mol. The molecule has 0 aromatic heterocycles. The molecule has 2 rings (SSSR count). The molecule has 0 aliphatic carbocycles. The van der Waals surface area contributed by atoms with Crippen LogP contribution in [0.5, 0.6) is 5.75 Å². The number of para-hydroxylation sites is 1. The second-order valence-electron chi connectivity index (χ2n) is 5.65.